The average Bonchev–Trinajstić information content (AvgIpc) is 2.71. The lowest BCUT2D eigenvalue weighted by atomic mass is 9.43. The van der Waals surface area contributed by atoms with Crippen molar-refractivity contribution < 1.29 is 9.53 Å². The number of aryl methyl sites for hydroxylation is 2. The summed E-state index contributed by atoms with van der Waals surface area (Å²) in [7, 11) is 0. The van der Waals surface area contributed by atoms with Gasteiger partial charge in [0.15, 0.2) is 5.78 Å². The van der Waals surface area contributed by atoms with E-state index in [1.165, 1.54) is 5.56 Å². The Morgan fingerprint density at radius 3 is 2.28 bits per heavy atom. The van der Waals surface area contributed by atoms with Crippen LogP contribution in [0.25, 0.3) is 0 Å². The maximum Gasteiger partial charge on any atom is 0.163 e. The zero-order valence-electron chi connectivity index (χ0n) is 19.9. The molecule has 0 saturated heterocycles. The Kier molecular flexibility index (Phi) is 6.59. The molecule has 0 heterocycles. The maximum absolute atomic E-state index is 12.8. The molecule has 0 aromatic heterocycles. The predicted molar refractivity (Wildman–Crippen MR) is 130 cm³/mol. The zero-order chi connectivity index (χ0) is 23.8. The molecule has 2 aromatic rings. The van der Waals surface area contributed by atoms with Gasteiger partial charge in [-0.1, -0.05) is 63.6 Å². The molecule has 1 fully saturated rings. The lowest BCUT2D eigenvalue weighted by Gasteiger charge is -2.64. The van der Waals surface area contributed by atoms with Gasteiger partial charge >= 0.3 is 0 Å². The Bertz CT molecular complexity index is 1090. The molecule has 4 heteroatoms. The third-order valence-electron chi connectivity index (χ3n) is 7.06. The molecule has 0 bridgehead atoms. The van der Waals surface area contributed by atoms with E-state index in [1.54, 1.807) is 18.2 Å². The van der Waals surface area contributed by atoms with Gasteiger partial charge in [-0.3, -0.25) is 4.79 Å². The minimum absolute atomic E-state index is 0.0452. The number of hydrogen-bond acceptors (Lipinski definition) is 3. The number of ketones is 1. The molecule has 0 amide bonds. The number of carbonyl (C=O) groups excluding carboxylic acids is 1. The third kappa shape index (κ3) is 4.34. The molecule has 1 aliphatic rings. The first-order valence-corrected chi connectivity index (χ1v) is 11.4. The van der Waals surface area contributed by atoms with Crippen LogP contribution in [-0.2, 0) is 0 Å². The van der Waals surface area contributed by atoms with Gasteiger partial charge in [0.25, 0.3) is 0 Å². The molecule has 3 nitrogen and oxygen atoms in total. The molecule has 3 rings (SSSR count). The summed E-state index contributed by atoms with van der Waals surface area (Å²) in [5, 5.41) is 9.48. The molecule has 1 saturated carbocycles. The number of carbonyl (C=O) groups is 1. The van der Waals surface area contributed by atoms with Crippen LogP contribution >= 0.6 is 11.6 Å². The lowest BCUT2D eigenvalue weighted by molar-refractivity contribution is -0.182. The minimum atomic E-state index is -0.148. The van der Waals surface area contributed by atoms with Crippen molar-refractivity contribution in [3.63, 3.8) is 0 Å². The molecular weight excluding hydrogens is 418 g/mol. The van der Waals surface area contributed by atoms with Crippen LogP contribution in [0.15, 0.2) is 48.6 Å². The number of allylic oxidation sites excluding steroid dienone is 1. The molecule has 2 aromatic carbocycles. The first-order valence-electron chi connectivity index (χ1n) is 11.0. The highest BCUT2D eigenvalue weighted by molar-refractivity contribution is 6.31. The van der Waals surface area contributed by atoms with E-state index in [2.05, 4.69) is 47.3 Å². The van der Waals surface area contributed by atoms with Crippen LogP contribution in [0, 0.1) is 41.9 Å². The largest absolute Gasteiger partial charge is 0.489 e. The van der Waals surface area contributed by atoms with E-state index in [-0.39, 0.29) is 28.6 Å². The Hall–Kier alpha value is -2.57. The molecular formula is C28H32ClNO2. The van der Waals surface area contributed by atoms with Gasteiger partial charge in [-0.05, 0) is 55.5 Å². The first-order chi connectivity index (χ1) is 14.9. The molecule has 168 valence electrons. The molecule has 1 aliphatic carbocycles. The standard InChI is InChI=1S/C28H32ClNO2/c1-17-8-10-20(14-19(17)3)24(31)13-9-18(2)25-27(4,5)26(28(25,6)7)32-22-12-11-21(16-30)23(29)15-22/h8,10-12,14-15,25-26H,2,9,13H2,1,3-7H3/t25-,26-. The number of halogens is 1. The number of nitriles is 1. The summed E-state index contributed by atoms with van der Waals surface area (Å²) in [6.45, 7) is 17.2. The van der Waals surface area contributed by atoms with E-state index in [9.17, 15) is 4.79 Å². The van der Waals surface area contributed by atoms with E-state index < -0.39 is 0 Å². The fraction of sp³-hybridized carbons (Fsp3) is 0.429. The minimum Gasteiger partial charge on any atom is -0.489 e. The van der Waals surface area contributed by atoms with E-state index in [0.29, 0.717) is 29.2 Å². The summed E-state index contributed by atoms with van der Waals surface area (Å²) < 4.78 is 6.36. The lowest BCUT2D eigenvalue weighted by Crippen LogP contribution is -2.66. The molecule has 0 aliphatic heterocycles. The van der Waals surface area contributed by atoms with Crippen molar-refractivity contribution in [2.45, 2.75) is 60.5 Å². The highest BCUT2D eigenvalue weighted by atomic mass is 35.5. The Balaban J connectivity index is 1.68. The topological polar surface area (TPSA) is 50.1 Å². The highest BCUT2D eigenvalue weighted by Crippen LogP contribution is 2.63. The van der Waals surface area contributed by atoms with Crippen LogP contribution in [0.1, 0.15) is 67.6 Å². The number of benzene rings is 2. The fourth-order valence-corrected chi connectivity index (χ4v) is 5.97. The van der Waals surface area contributed by atoms with Crippen molar-refractivity contribution in [1.82, 2.24) is 0 Å². The summed E-state index contributed by atoms with van der Waals surface area (Å²) in [5.74, 6) is 1.04. The van der Waals surface area contributed by atoms with Gasteiger partial charge in [0.2, 0.25) is 0 Å². The maximum atomic E-state index is 12.8. The number of ether oxygens (including phenoxy) is 1. The second-order valence-electron chi connectivity index (χ2n) is 10.2. The van der Waals surface area contributed by atoms with E-state index in [4.69, 9.17) is 21.6 Å². The van der Waals surface area contributed by atoms with Gasteiger partial charge in [0.1, 0.15) is 17.9 Å². The molecule has 0 radical (unpaired) electrons. The van der Waals surface area contributed by atoms with Crippen LogP contribution in [0.4, 0.5) is 0 Å². The van der Waals surface area contributed by atoms with Crippen molar-refractivity contribution in [3.8, 4) is 11.8 Å². The number of Topliss-reactive ketones (excluding diaryl/α,β-unsaturated/α-hetero) is 1. The van der Waals surface area contributed by atoms with Crippen LogP contribution in [0.5, 0.6) is 5.75 Å². The Morgan fingerprint density at radius 2 is 1.72 bits per heavy atom. The number of hydrogen-bond donors (Lipinski definition) is 0. The van der Waals surface area contributed by atoms with Crippen LogP contribution in [-0.4, -0.2) is 11.9 Å². The number of rotatable bonds is 7. The fourth-order valence-electron chi connectivity index (χ4n) is 5.75. The summed E-state index contributed by atoms with van der Waals surface area (Å²) in [6.07, 6.45) is 1.08. The van der Waals surface area contributed by atoms with E-state index in [0.717, 1.165) is 16.7 Å². The Morgan fingerprint density at radius 1 is 1.06 bits per heavy atom. The van der Waals surface area contributed by atoms with Gasteiger partial charge in [0, 0.05) is 28.9 Å². The summed E-state index contributed by atoms with van der Waals surface area (Å²) in [4.78, 5) is 12.8. The molecule has 0 atom stereocenters. The van der Waals surface area contributed by atoms with Gasteiger partial charge in [-0.25, -0.2) is 0 Å². The smallest absolute Gasteiger partial charge is 0.163 e. The third-order valence-corrected chi connectivity index (χ3v) is 7.38. The van der Waals surface area contributed by atoms with E-state index in [1.807, 2.05) is 25.1 Å². The monoisotopic (exact) mass is 449 g/mol. The normalized spacial score (nSPS) is 20.7. The quantitative estimate of drug-likeness (QED) is 0.325. The van der Waals surface area contributed by atoms with Crippen LogP contribution in [0.2, 0.25) is 5.02 Å². The average molecular weight is 450 g/mol. The van der Waals surface area contributed by atoms with Gasteiger partial charge in [0.05, 0.1) is 10.6 Å². The van der Waals surface area contributed by atoms with Crippen LogP contribution < -0.4 is 4.74 Å². The zero-order valence-corrected chi connectivity index (χ0v) is 20.6. The first kappa shape index (κ1) is 24.1. The van der Waals surface area contributed by atoms with Gasteiger partial charge in [-0.2, -0.15) is 5.26 Å². The van der Waals surface area contributed by atoms with Crippen molar-refractivity contribution in [2.75, 3.05) is 0 Å². The van der Waals surface area contributed by atoms with Crippen molar-refractivity contribution >= 4 is 17.4 Å². The Labute approximate surface area is 197 Å². The summed E-state index contributed by atoms with van der Waals surface area (Å²) in [6, 6.07) is 13.2. The highest BCUT2D eigenvalue weighted by Gasteiger charge is 2.63. The second kappa shape index (κ2) is 8.75. The van der Waals surface area contributed by atoms with Gasteiger partial charge in [-0.15, -0.1) is 0 Å². The SMILES string of the molecule is C=C(CCC(=O)c1ccc(C)c(C)c1)[C@H]1C(C)(C)[C@H](Oc2ccc(C#N)c(Cl)c2)C1(C)C. The predicted octanol–water partition coefficient (Wildman–Crippen LogP) is 7.48. The second-order valence-corrected chi connectivity index (χ2v) is 10.6. The van der Waals surface area contributed by atoms with E-state index >= 15 is 0 Å². The number of nitrogens with zero attached hydrogens (tertiary/aromatic N) is 1. The summed E-state index contributed by atoms with van der Waals surface area (Å²) in [5.41, 5.74) is 4.33. The molecule has 0 unspecified atom stereocenters. The van der Waals surface area contributed by atoms with Crippen molar-refractivity contribution in [2.24, 2.45) is 16.7 Å². The molecule has 0 spiro atoms. The molecule has 32 heavy (non-hydrogen) atoms. The van der Waals surface area contributed by atoms with Crippen molar-refractivity contribution in [1.29, 1.82) is 5.26 Å². The van der Waals surface area contributed by atoms with Crippen molar-refractivity contribution in [3.05, 3.63) is 75.8 Å². The van der Waals surface area contributed by atoms with Crippen LogP contribution in [0.3, 0.4) is 0 Å². The molecule has 0 N–H and O–H groups in total. The van der Waals surface area contributed by atoms with Gasteiger partial charge < -0.3 is 4.74 Å². The summed E-state index contributed by atoms with van der Waals surface area (Å²) >= 11 is 6.19.